The molecule has 10 heavy (non-hydrogen) atoms. The molecule has 0 aliphatic heterocycles. The van der Waals surface area contributed by atoms with E-state index in [1.54, 1.807) is 0 Å². The van der Waals surface area contributed by atoms with Crippen LogP contribution in [0.5, 0.6) is 0 Å². The molecule has 1 aliphatic rings. The molecule has 1 aliphatic carbocycles. The molecule has 0 amide bonds. The minimum atomic E-state index is 0.426. The first-order valence-electron chi connectivity index (χ1n) is 3.83. The predicted molar refractivity (Wildman–Crippen MR) is 49.5 cm³/mol. The van der Waals surface area contributed by atoms with Gasteiger partial charge < -0.3 is 0 Å². The average molecular weight is 203 g/mol. The van der Waals surface area contributed by atoms with E-state index in [9.17, 15) is 0 Å². The first-order chi connectivity index (χ1) is 4.52. The second-order valence-corrected chi connectivity index (χ2v) is 5.03. The van der Waals surface area contributed by atoms with Crippen LogP contribution in [0.25, 0.3) is 0 Å². The summed E-state index contributed by atoms with van der Waals surface area (Å²) >= 11 is 3.70. The van der Waals surface area contributed by atoms with E-state index in [-0.39, 0.29) is 0 Å². The fourth-order valence-corrected chi connectivity index (χ4v) is 1.96. The van der Waals surface area contributed by atoms with Crippen LogP contribution in [0.2, 0.25) is 0 Å². The number of allylic oxidation sites excluding steroid dienone is 1. The topological polar surface area (TPSA) is 0 Å². The Labute approximate surface area is 71.8 Å². The van der Waals surface area contributed by atoms with Crippen LogP contribution in [0.4, 0.5) is 0 Å². The molecule has 0 radical (unpaired) electrons. The van der Waals surface area contributed by atoms with Crippen LogP contribution in [0.3, 0.4) is 0 Å². The lowest BCUT2D eigenvalue weighted by Gasteiger charge is -2.36. The van der Waals surface area contributed by atoms with E-state index in [1.807, 2.05) is 0 Å². The summed E-state index contributed by atoms with van der Waals surface area (Å²) in [6.45, 7) is 8.63. The monoisotopic (exact) mass is 202 g/mol. The minimum absolute atomic E-state index is 0.426. The zero-order valence-electron chi connectivity index (χ0n) is 6.78. The lowest BCUT2D eigenvalue weighted by molar-refractivity contribution is 0.307. The van der Waals surface area contributed by atoms with Gasteiger partial charge in [0.1, 0.15) is 0 Å². The van der Waals surface area contributed by atoms with Crippen LogP contribution < -0.4 is 0 Å². The molecule has 0 N–H and O–H groups in total. The summed E-state index contributed by atoms with van der Waals surface area (Å²) in [5, 5.41) is 0. The van der Waals surface area contributed by atoms with Crippen molar-refractivity contribution in [3.8, 4) is 0 Å². The number of hydrogen-bond acceptors (Lipinski definition) is 0. The summed E-state index contributed by atoms with van der Waals surface area (Å²) in [6.07, 6.45) is 3.65. The van der Waals surface area contributed by atoms with Crippen LogP contribution in [-0.4, -0.2) is 4.83 Å². The Morgan fingerprint density at radius 3 is 2.60 bits per heavy atom. The summed E-state index contributed by atoms with van der Waals surface area (Å²) in [7, 11) is 0. The van der Waals surface area contributed by atoms with Crippen molar-refractivity contribution in [3.05, 3.63) is 12.2 Å². The summed E-state index contributed by atoms with van der Waals surface area (Å²) in [5.74, 6) is 0. The SMILES string of the molecule is C=C1CCC(Br)C(C)(C)C1. The number of hydrogen-bond donors (Lipinski definition) is 0. The molecule has 0 bridgehead atoms. The number of alkyl halides is 1. The van der Waals surface area contributed by atoms with Crippen molar-refractivity contribution in [2.75, 3.05) is 0 Å². The van der Waals surface area contributed by atoms with Crippen LogP contribution in [0, 0.1) is 5.41 Å². The van der Waals surface area contributed by atoms with Gasteiger partial charge in [0.15, 0.2) is 0 Å². The maximum absolute atomic E-state index is 4.02. The maximum Gasteiger partial charge on any atom is 0.0203 e. The Hall–Kier alpha value is 0.220. The van der Waals surface area contributed by atoms with Gasteiger partial charge in [0.25, 0.3) is 0 Å². The summed E-state index contributed by atoms with van der Waals surface area (Å²) in [5.41, 5.74) is 1.84. The molecule has 1 saturated carbocycles. The van der Waals surface area contributed by atoms with Gasteiger partial charge >= 0.3 is 0 Å². The zero-order valence-corrected chi connectivity index (χ0v) is 8.37. The first-order valence-corrected chi connectivity index (χ1v) is 4.75. The molecule has 0 aromatic carbocycles. The van der Waals surface area contributed by atoms with Gasteiger partial charge in [-0.3, -0.25) is 0 Å². The third-order valence-corrected chi connectivity index (χ3v) is 4.00. The molecule has 1 heteroatoms. The van der Waals surface area contributed by atoms with Crippen molar-refractivity contribution in [2.45, 2.75) is 37.9 Å². The molecular weight excluding hydrogens is 188 g/mol. The van der Waals surface area contributed by atoms with Gasteiger partial charge in [-0.2, -0.15) is 0 Å². The van der Waals surface area contributed by atoms with E-state index in [2.05, 4.69) is 36.4 Å². The Kier molecular flexibility index (Phi) is 2.24. The highest BCUT2D eigenvalue weighted by molar-refractivity contribution is 9.09. The van der Waals surface area contributed by atoms with E-state index in [0.29, 0.717) is 10.2 Å². The van der Waals surface area contributed by atoms with E-state index in [4.69, 9.17) is 0 Å². The van der Waals surface area contributed by atoms with Crippen LogP contribution in [-0.2, 0) is 0 Å². The predicted octanol–water partition coefficient (Wildman–Crippen LogP) is 3.52. The summed E-state index contributed by atoms with van der Waals surface area (Å²) < 4.78 is 0. The fourth-order valence-electron chi connectivity index (χ4n) is 1.57. The first kappa shape index (κ1) is 8.32. The normalized spacial score (nSPS) is 32.3. The van der Waals surface area contributed by atoms with Crippen molar-refractivity contribution in [3.63, 3.8) is 0 Å². The van der Waals surface area contributed by atoms with Crippen molar-refractivity contribution >= 4 is 15.9 Å². The molecule has 0 nitrogen and oxygen atoms in total. The molecule has 0 aromatic rings. The Bertz CT molecular complexity index is 147. The van der Waals surface area contributed by atoms with Crippen LogP contribution in [0.15, 0.2) is 12.2 Å². The van der Waals surface area contributed by atoms with Gasteiger partial charge in [-0.25, -0.2) is 0 Å². The average Bonchev–Trinajstić information content (AvgIpc) is 1.78. The van der Waals surface area contributed by atoms with Crippen molar-refractivity contribution < 1.29 is 0 Å². The highest BCUT2D eigenvalue weighted by atomic mass is 79.9. The molecule has 1 unspecified atom stereocenters. The highest BCUT2D eigenvalue weighted by Crippen LogP contribution is 2.41. The van der Waals surface area contributed by atoms with E-state index < -0.39 is 0 Å². The second-order valence-electron chi connectivity index (χ2n) is 3.92. The van der Waals surface area contributed by atoms with E-state index >= 15 is 0 Å². The van der Waals surface area contributed by atoms with Crippen LogP contribution in [0.1, 0.15) is 33.1 Å². The molecule has 0 spiro atoms. The Morgan fingerprint density at radius 2 is 2.20 bits per heavy atom. The van der Waals surface area contributed by atoms with Crippen molar-refractivity contribution in [2.24, 2.45) is 5.41 Å². The van der Waals surface area contributed by atoms with Crippen molar-refractivity contribution in [1.29, 1.82) is 0 Å². The summed E-state index contributed by atoms with van der Waals surface area (Å²) in [4.78, 5) is 0.686. The van der Waals surface area contributed by atoms with Gasteiger partial charge in [-0.15, -0.1) is 0 Å². The lowest BCUT2D eigenvalue weighted by atomic mass is 9.75. The Balaban J connectivity index is 2.63. The fraction of sp³-hybridized carbons (Fsp3) is 0.778. The molecule has 58 valence electrons. The summed E-state index contributed by atoms with van der Waals surface area (Å²) in [6, 6.07) is 0. The van der Waals surface area contributed by atoms with Gasteiger partial charge in [-0.1, -0.05) is 41.9 Å². The largest absolute Gasteiger partial charge is 0.0998 e. The standard InChI is InChI=1S/C9H15Br/c1-7-4-5-8(10)9(2,3)6-7/h8H,1,4-6H2,2-3H3. The smallest absolute Gasteiger partial charge is 0.0203 e. The molecule has 1 fully saturated rings. The van der Waals surface area contributed by atoms with Gasteiger partial charge in [0.2, 0.25) is 0 Å². The molecule has 1 rings (SSSR count). The van der Waals surface area contributed by atoms with Crippen LogP contribution >= 0.6 is 15.9 Å². The molecule has 0 aromatic heterocycles. The van der Waals surface area contributed by atoms with Gasteiger partial charge in [-0.05, 0) is 24.7 Å². The number of rotatable bonds is 0. The van der Waals surface area contributed by atoms with Crippen molar-refractivity contribution in [1.82, 2.24) is 0 Å². The van der Waals surface area contributed by atoms with E-state index in [0.717, 1.165) is 0 Å². The molecule has 0 heterocycles. The molecule has 0 saturated heterocycles. The van der Waals surface area contributed by atoms with E-state index in [1.165, 1.54) is 24.8 Å². The third-order valence-electron chi connectivity index (χ3n) is 2.30. The number of halogens is 1. The Morgan fingerprint density at radius 1 is 1.60 bits per heavy atom. The second kappa shape index (κ2) is 2.69. The van der Waals surface area contributed by atoms with Gasteiger partial charge in [0.05, 0.1) is 0 Å². The molecular formula is C9H15Br. The maximum atomic E-state index is 4.02. The third kappa shape index (κ3) is 1.63. The minimum Gasteiger partial charge on any atom is -0.0998 e. The quantitative estimate of drug-likeness (QED) is 0.417. The zero-order chi connectivity index (χ0) is 7.78. The lowest BCUT2D eigenvalue weighted by Crippen LogP contribution is -2.28. The molecule has 1 atom stereocenters. The highest BCUT2D eigenvalue weighted by Gasteiger charge is 2.31. The van der Waals surface area contributed by atoms with Gasteiger partial charge in [0, 0.05) is 4.83 Å².